The van der Waals surface area contributed by atoms with Crippen LogP contribution in [-0.4, -0.2) is 12.2 Å². The van der Waals surface area contributed by atoms with Gasteiger partial charge in [-0.05, 0) is 48.6 Å². The summed E-state index contributed by atoms with van der Waals surface area (Å²) >= 11 is 5.07. The molecule has 0 fully saturated rings. The van der Waals surface area contributed by atoms with Crippen LogP contribution in [-0.2, 0) is 0 Å². The predicted octanol–water partition coefficient (Wildman–Crippen LogP) is 3.78. The highest BCUT2D eigenvalue weighted by molar-refractivity contribution is 7.80. The van der Waals surface area contributed by atoms with Crippen molar-refractivity contribution in [2.24, 2.45) is 0 Å². The van der Waals surface area contributed by atoms with Crippen LogP contribution in [0.4, 0.5) is 20.2 Å². The highest BCUT2D eigenvalue weighted by atomic mass is 32.1. The zero-order valence-corrected chi connectivity index (χ0v) is 11.4. The van der Waals surface area contributed by atoms with Gasteiger partial charge in [-0.25, -0.2) is 8.78 Å². The minimum Gasteiger partial charge on any atom is -0.497 e. The van der Waals surface area contributed by atoms with E-state index >= 15 is 0 Å². The molecule has 0 saturated carbocycles. The molecule has 6 heteroatoms. The number of halogens is 2. The minimum atomic E-state index is -0.667. The van der Waals surface area contributed by atoms with Gasteiger partial charge in [-0.15, -0.1) is 0 Å². The van der Waals surface area contributed by atoms with Crippen molar-refractivity contribution in [2.75, 3.05) is 17.7 Å². The number of hydrogen-bond donors (Lipinski definition) is 2. The van der Waals surface area contributed by atoms with E-state index in [9.17, 15) is 8.78 Å². The van der Waals surface area contributed by atoms with Crippen LogP contribution in [0.25, 0.3) is 0 Å². The van der Waals surface area contributed by atoms with Gasteiger partial charge in [0.25, 0.3) is 0 Å². The largest absolute Gasteiger partial charge is 0.497 e. The van der Waals surface area contributed by atoms with Crippen LogP contribution in [0.3, 0.4) is 0 Å². The standard InChI is InChI=1S/C14H12F2N2OS/c1-19-13-4-2-11(3-5-13)17-14(20)18-12-7-9(15)6-10(16)8-12/h2-8H,1H3,(H2,17,18,20). The highest BCUT2D eigenvalue weighted by Gasteiger charge is 2.03. The zero-order valence-electron chi connectivity index (χ0n) is 10.6. The molecule has 20 heavy (non-hydrogen) atoms. The SMILES string of the molecule is COc1ccc(NC(=S)Nc2cc(F)cc(F)c2)cc1. The molecule has 104 valence electrons. The van der Waals surface area contributed by atoms with Crippen LogP contribution in [0.2, 0.25) is 0 Å². The van der Waals surface area contributed by atoms with Crippen LogP contribution in [0.15, 0.2) is 42.5 Å². The van der Waals surface area contributed by atoms with Gasteiger partial charge in [0.05, 0.1) is 7.11 Å². The molecule has 0 aromatic heterocycles. The second-order valence-electron chi connectivity index (χ2n) is 3.97. The van der Waals surface area contributed by atoms with Gasteiger partial charge < -0.3 is 15.4 Å². The lowest BCUT2D eigenvalue weighted by molar-refractivity contribution is 0.415. The average Bonchev–Trinajstić information content (AvgIpc) is 2.38. The van der Waals surface area contributed by atoms with E-state index < -0.39 is 11.6 Å². The van der Waals surface area contributed by atoms with Crippen molar-refractivity contribution >= 4 is 28.7 Å². The first-order valence-corrected chi connectivity index (χ1v) is 6.16. The number of methoxy groups -OCH3 is 1. The molecule has 0 atom stereocenters. The Morgan fingerprint density at radius 3 is 2.05 bits per heavy atom. The summed E-state index contributed by atoms with van der Waals surface area (Å²) in [6.07, 6.45) is 0. The Bertz CT molecular complexity index is 597. The lowest BCUT2D eigenvalue weighted by atomic mass is 10.3. The monoisotopic (exact) mass is 294 g/mol. The number of rotatable bonds is 3. The molecule has 2 aromatic rings. The van der Waals surface area contributed by atoms with Crippen molar-refractivity contribution < 1.29 is 13.5 Å². The van der Waals surface area contributed by atoms with Crippen LogP contribution in [0.1, 0.15) is 0 Å². The summed E-state index contributed by atoms with van der Waals surface area (Å²) in [5, 5.41) is 5.85. The first-order valence-electron chi connectivity index (χ1n) is 5.75. The van der Waals surface area contributed by atoms with Gasteiger partial charge >= 0.3 is 0 Å². The van der Waals surface area contributed by atoms with Crippen molar-refractivity contribution in [1.82, 2.24) is 0 Å². The van der Waals surface area contributed by atoms with Crippen molar-refractivity contribution in [3.05, 3.63) is 54.1 Å². The number of ether oxygens (including phenoxy) is 1. The Morgan fingerprint density at radius 2 is 1.50 bits per heavy atom. The van der Waals surface area contributed by atoms with Gasteiger partial charge in [-0.2, -0.15) is 0 Å². The van der Waals surface area contributed by atoms with E-state index in [2.05, 4.69) is 10.6 Å². The highest BCUT2D eigenvalue weighted by Crippen LogP contribution is 2.16. The van der Waals surface area contributed by atoms with Gasteiger partial charge in [0.1, 0.15) is 17.4 Å². The minimum absolute atomic E-state index is 0.236. The lowest BCUT2D eigenvalue weighted by Crippen LogP contribution is -2.19. The smallest absolute Gasteiger partial charge is 0.175 e. The Morgan fingerprint density at radius 1 is 0.950 bits per heavy atom. The number of hydrogen-bond acceptors (Lipinski definition) is 2. The Kier molecular flexibility index (Phi) is 4.47. The summed E-state index contributed by atoms with van der Waals surface area (Å²) in [6.45, 7) is 0. The third-order valence-corrected chi connectivity index (χ3v) is 2.67. The molecule has 0 spiro atoms. The Labute approximate surface area is 120 Å². The molecular weight excluding hydrogens is 282 g/mol. The summed E-state index contributed by atoms with van der Waals surface area (Å²) < 4.78 is 31.1. The number of thiocarbonyl (C=S) groups is 1. The average molecular weight is 294 g/mol. The summed E-state index contributed by atoms with van der Waals surface area (Å²) in [4.78, 5) is 0. The van der Waals surface area contributed by atoms with Crippen molar-refractivity contribution in [3.63, 3.8) is 0 Å². The van der Waals surface area contributed by atoms with Crippen molar-refractivity contribution in [2.45, 2.75) is 0 Å². The zero-order chi connectivity index (χ0) is 14.5. The molecular formula is C14H12F2N2OS. The van der Waals surface area contributed by atoms with E-state index in [4.69, 9.17) is 17.0 Å². The molecule has 0 aliphatic rings. The molecule has 0 aliphatic carbocycles. The molecule has 0 aliphatic heterocycles. The maximum atomic E-state index is 13.0. The van der Waals surface area contributed by atoms with Gasteiger partial charge in [0.15, 0.2) is 5.11 Å². The topological polar surface area (TPSA) is 33.3 Å². The number of anilines is 2. The van der Waals surface area contributed by atoms with Crippen molar-refractivity contribution in [3.8, 4) is 5.75 Å². The summed E-state index contributed by atoms with van der Waals surface area (Å²) in [7, 11) is 1.58. The molecule has 0 radical (unpaired) electrons. The fourth-order valence-corrected chi connectivity index (χ4v) is 1.83. The molecule has 2 N–H and O–H groups in total. The second kappa shape index (κ2) is 6.29. The van der Waals surface area contributed by atoms with Crippen LogP contribution >= 0.6 is 12.2 Å². The quantitative estimate of drug-likeness (QED) is 0.844. The van der Waals surface area contributed by atoms with Crippen LogP contribution < -0.4 is 15.4 Å². The first-order chi connectivity index (χ1) is 9.56. The molecule has 2 aromatic carbocycles. The molecule has 0 amide bonds. The Balaban J connectivity index is 2.01. The van der Waals surface area contributed by atoms with E-state index in [1.807, 2.05) is 0 Å². The number of benzene rings is 2. The maximum absolute atomic E-state index is 13.0. The van der Waals surface area contributed by atoms with Gasteiger partial charge in [0.2, 0.25) is 0 Å². The first kappa shape index (κ1) is 14.2. The van der Waals surface area contributed by atoms with Crippen molar-refractivity contribution in [1.29, 1.82) is 0 Å². The normalized spacial score (nSPS) is 9.95. The summed E-state index contributed by atoms with van der Waals surface area (Å²) in [5.74, 6) is -0.610. The molecule has 3 nitrogen and oxygen atoms in total. The molecule has 2 rings (SSSR count). The third-order valence-electron chi connectivity index (χ3n) is 2.47. The van der Waals surface area contributed by atoms with E-state index in [-0.39, 0.29) is 10.8 Å². The molecule has 0 bridgehead atoms. The van der Waals surface area contributed by atoms with Crippen LogP contribution in [0.5, 0.6) is 5.75 Å². The summed E-state index contributed by atoms with van der Waals surface area (Å²) in [5.41, 5.74) is 0.980. The lowest BCUT2D eigenvalue weighted by Gasteiger charge is -2.11. The van der Waals surface area contributed by atoms with Gasteiger partial charge in [0, 0.05) is 17.4 Å². The van der Waals surface area contributed by atoms with E-state index in [1.165, 1.54) is 0 Å². The van der Waals surface area contributed by atoms with E-state index in [0.717, 1.165) is 29.6 Å². The summed E-state index contributed by atoms with van der Waals surface area (Å²) in [6, 6.07) is 10.2. The third kappa shape index (κ3) is 3.89. The van der Waals surface area contributed by atoms with Gasteiger partial charge in [-0.1, -0.05) is 0 Å². The molecule has 0 heterocycles. The molecule has 0 unspecified atom stereocenters. The van der Waals surface area contributed by atoms with E-state index in [0.29, 0.717) is 0 Å². The van der Waals surface area contributed by atoms with E-state index in [1.54, 1.807) is 31.4 Å². The Hall–Kier alpha value is -2.21. The maximum Gasteiger partial charge on any atom is 0.175 e. The van der Waals surface area contributed by atoms with Gasteiger partial charge in [-0.3, -0.25) is 0 Å². The predicted molar refractivity (Wildman–Crippen MR) is 79.2 cm³/mol. The van der Waals surface area contributed by atoms with Crippen LogP contribution in [0, 0.1) is 11.6 Å². The molecule has 0 saturated heterocycles. The second-order valence-corrected chi connectivity index (χ2v) is 4.37. The fraction of sp³-hybridized carbons (Fsp3) is 0.0714. The number of nitrogens with one attached hydrogen (secondary N) is 2. The fourth-order valence-electron chi connectivity index (χ4n) is 1.59.